The summed E-state index contributed by atoms with van der Waals surface area (Å²) in [4.78, 5) is 2.59. The standard InChI is InChI=1S/C15H23BrN2O2S/c1-3-19-9-7-18(8-10-20-4-2)14-6-5-12(16)11-13(14)15(17)21/h5-6,11H,3-4,7-10H2,1-2H3,(H2,17,21). The molecule has 0 unspecified atom stereocenters. The number of thiocarbonyl (C=S) groups is 1. The fourth-order valence-corrected chi connectivity index (χ4v) is 2.50. The molecule has 2 N–H and O–H groups in total. The third-order valence-electron chi connectivity index (χ3n) is 2.98. The third-order valence-corrected chi connectivity index (χ3v) is 3.70. The van der Waals surface area contributed by atoms with Crippen LogP contribution in [0.4, 0.5) is 5.69 Å². The molecule has 1 aromatic rings. The van der Waals surface area contributed by atoms with Gasteiger partial charge in [-0.1, -0.05) is 28.1 Å². The van der Waals surface area contributed by atoms with Crippen molar-refractivity contribution in [3.05, 3.63) is 28.2 Å². The minimum absolute atomic E-state index is 0.393. The highest BCUT2D eigenvalue weighted by atomic mass is 79.9. The summed E-state index contributed by atoms with van der Waals surface area (Å²) in [5, 5.41) is 0. The number of nitrogens with zero attached hydrogens (tertiary/aromatic N) is 1. The Morgan fingerprint density at radius 2 is 1.76 bits per heavy atom. The topological polar surface area (TPSA) is 47.7 Å². The molecule has 118 valence electrons. The second kappa shape index (κ2) is 10.1. The number of benzene rings is 1. The van der Waals surface area contributed by atoms with Crippen molar-refractivity contribution in [1.29, 1.82) is 0 Å². The van der Waals surface area contributed by atoms with Crippen molar-refractivity contribution < 1.29 is 9.47 Å². The molecule has 1 aromatic carbocycles. The van der Waals surface area contributed by atoms with Crippen LogP contribution in [0.2, 0.25) is 0 Å². The zero-order valence-electron chi connectivity index (χ0n) is 12.6. The van der Waals surface area contributed by atoms with Gasteiger partial charge in [0.05, 0.1) is 13.2 Å². The van der Waals surface area contributed by atoms with E-state index in [1.807, 2.05) is 32.0 Å². The lowest BCUT2D eigenvalue weighted by atomic mass is 10.1. The van der Waals surface area contributed by atoms with Crippen LogP contribution in [0.15, 0.2) is 22.7 Å². The number of rotatable bonds is 10. The van der Waals surface area contributed by atoms with E-state index in [0.29, 0.717) is 31.4 Å². The molecule has 0 aliphatic rings. The summed E-state index contributed by atoms with van der Waals surface area (Å²) >= 11 is 8.63. The van der Waals surface area contributed by atoms with Gasteiger partial charge in [-0.05, 0) is 32.0 Å². The van der Waals surface area contributed by atoms with Crippen molar-refractivity contribution in [1.82, 2.24) is 0 Å². The number of halogens is 1. The first-order valence-electron chi connectivity index (χ1n) is 7.09. The largest absolute Gasteiger partial charge is 0.389 e. The van der Waals surface area contributed by atoms with Crippen LogP contribution in [0.25, 0.3) is 0 Å². The lowest BCUT2D eigenvalue weighted by Crippen LogP contribution is -2.33. The highest BCUT2D eigenvalue weighted by molar-refractivity contribution is 9.10. The molecule has 21 heavy (non-hydrogen) atoms. The predicted octanol–water partition coefficient (Wildman–Crippen LogP) is 2.96. The minimum atomic E-state index is 0.393. The number of ether oxygens (including phenoxy) is 2. The molecule has 0 aliphatic heterocycles. The minimum Gasteiger partial charge on any atom is -0.389 e. The average Bonchev–Trinajstić information content (AvgIpc) is 2.46. The van der Waals surface area contributed by atoms with E-state index < -0.39 is 0 Å². The lowest BCUT2D eigenvalue weighted by Gasteiger charge is -2.27. The fourth-order valence-electron chi connectivity index (χ4n) is 1.97. The zero-order valence-corrected chi connectivity index (χ0v) is 15.0. The van der Waals surface area contributed by atoms with E-state index in [4.69, 9.17) is 27.4 Å². The van der Waals surface area contributed by atoms with Gasteiger partial charge in [-0.15, -0.1) is 0 Å². The van der Waals surface area contributed by atoms with Crippen LogP contribution in [0.1, 0.15) is 19.4 Å². The maximum Gasteiger partial charge on any atom is 0.106 e. The summed E-state index contributed by atoms with van der Waals surface area (Å²) < 4.78 is 11.9. The lowest BCUT2D eigenvalue weighted by molar-refractivity contribution is 0.141. The first-order chi connectivity index (χ1) is 10.1. The van der Waals surface area contributed by atoms with Gasteiger partial charge in [0.1, 0.15) is 4.99 Å². The highest BCUT2D eigenvalue weighted by Gasteiger charge is 2.13. The summed E-state index contributed by atoms with van der Waals surface area (Å²) in [5.41, 5.74) is 7.74. The first kappa shape index (κ1) is 18.4. The van der Waals surface area contributed by atoms with Gasteiger partial charge in [-0.25, -0.2) is 0 Å². The molecule has 0 amide bonds. The molecule has 4 nitrogen and oxygen atoms in total. The summed E-state index contributed by atoms with van der Waals surface area (Å²) in [7, 11) is 0. The predicted molar refractivity (Wildman–Crippen MR) is 95.2 cm³/mol. The second-order valence-corrected chi connectivity index (χ2v) is 5.76. The van der Waals surface area contributed by atoms with Crippen molar-refractivity contribution in [2.45, 2.75) is 13.8 Å². The molecule has 6 heteroatoms. The van der Waals surface area contributed by atoms with Gasteiger partial charge in [0.25, 0.3) is 0 Å². The van der Waals surface area contributed by atoms with Gasteiger partial charge in [-0.3, -0.25) is 0 Å². The quantitative estimate of drug-likeness (QED) is 0.503. The SMILES string of the molecule is CCOCCN(CCOCC)c1ccc(Br)cc1C(N)=S. The molecule has 0 fully saturated rings. The second-order valence-electron chi connectivity index (χ2n) is 4.41. The molecule has 0 saturated heterocycles. The Morgan fingerprint density at radius 1 is 1.19 bits per heavy atom. The smallest absolute Gasteiger partial charge is 0.106 e. The Hall–Kier alpha value is -0.690. The van der Waals surface area contributed by atoms with Crippen LogP contribution < -0.4 is 10.6 Å². The Balaban J connectivity index is 2.91. The molecule has 0 spiro atoms. The molecule has 0 aliphatic carbocycles. The zero-order chi connectivity index (χ0) is 15.7. The molecule has 0 atom stereocenters. The molecular formula is C15H23BrN2O2S. The van der Waals surface area contributed by atoms with Crippen LogP contribution in [0.5, 0.6) is 0 Å². The van der Waals surface area contributed by atoms with E-state index in [2.05, 4.69) is 20.8 Å². The Bertz CT molecular complexity index is 447. The first-order valence-corrected chi connectivity index (χ1v) is 8.30. The monoisotopic (exact) mass is 374 g/mol. The Labute approximate surface area is 140 Å². The van der Waals surface area contributed by atoms with Crippen LogP contribution in [-0.4, -0.2) is 44.5 Å². The van der Waals surface area contributed by atoms with E-state index in [-0.39, 0.29) is 0 Å². The number of anilines is 1. The summed E-state index contributed by atoms with van der Waals surface area (Å²) in [5.74, 6) is 0. The summed E-state index contributed by atoms with van der Waals surface area (Å²) in [6.07, 6.45) is 0. The van der Waals surface area contributed by atoms with Crippen molar-refractivity contribution >= 4 is 38.8 Å². The van der Waals surface area contributed by atoms with Crippen LogP contribution in [0, 0.1) is 0 Å². The Kier molecular flexibility index (Phi) is 8.84. The van der Waals surface area contributed by atoms with E-state index in [0.717, 1.165) is 28.8 Å². The maximum absolute atomic E-state index is 5.85. The molecular weight excluding hydrogens is 352 g/mol. The number of hydrogen-bond acceptors (Lipinski definition) is 4. The van der Waals surface area contributed by atoms with E-state index in [1.165, 1.54) is 0 Å². The van der Waals surface area contributed by atoms with Crippen molar-refractivity contribution in [2.75, 3.05) is 44.4 Å². The van der Waals surface area contributed by atoms with Crippen molar-refractivity contribution in [2.24, 2.45) is 5.73 Å². The normalized spacial score (nSPS) is 10.6. The van der Waals surface area contributed by atoms with Crippen molar-refractivity contribution in [3.8, 4) is 0 Å². The molecule has 1 rings (SSSR count). The highest BCUT2D eigenvalue weighted by Crippen LogP contribution is 2.24. The third kappa shape index (κ3) is 6.30. The molecule has 0 heterocycles. The van der Waals surface area contributed by atoms with Crippen molar-refractivity contribution in [3.63, 3.8) is 0 Å². The van der Waals surface area contributed by atoms with E-state index >= 15 is 0 Å². The van der Waals surface area contributed by atoms with Gasteiger partial charge < -0.3 is 20.1 Å². The van der Waals surface area contributed by atoms with Gasteiger partial charge in [-0.2, -0.15) is 0 Å². The average molecular weight is 375 g/mol. The van der Waals surface area contributed by atoms with Gasteiger partial charge in [0, 0.05) is 42.0 Å². The molecule has 0 saturated carbocycles. The van der Waals surface area contributed by atoms with Crippen LogP contribution in [0.3, 0.4) is 0 Å². The molecule has 0 aromatic heterocycles. The number of hydrogen-bond donors (Lipinski definition) is 1. The van der Waals surface area contributed by atoms with E-state index in [1.54, 1.807) is 0 Å². The van der Waals surface area contributed by atoms with Gasteiger partial charge in [0.2, 0.25) is 0 Å². The van der Waals surface area contributed by atoms with Gasteiger partial charge >= 0.3 is 0 Å². The summed E-state index contributed by atoms with van der Waals surface area (Å²) in [6, 6.07) is 5.97. The van der Waals surface area contributed by atoms with Crippen LogP contribution in [-0.2, 0) is 9.47 Å². The van der Waals surface area contributed by atoms with Crippen LogP contribution >= 0.6 is 28.1 Å². The molecule has 0 bridgehead atoms. The van der Waals surface area contributed by atoms with Gasteiger partial charge in [0.15, 0.2) is 0 Å². The maximum atomic E-state index is 5.85. The molecule has 0 radical (unpaired) electrons. The Morgan fingerprint density at radius 3 is 2.24 bits per heavy atom. The summed E-state index contributed by atoms with van der Waals surface area (Å²) in [6.45, 7) is 8.28. The number of nitrogens with two attached hydrogens (primary N) is 1. The van der Waals surface area contributed by atoms with E-state index in [9.17, 15) is 0 Å². The fraction of sp³-hybridized carbons (Fsp3) is 0.533.